The minimum atomic E-state index is -0.245. The maximum Gasteiger partial charge on any atom is 0.222 e. The normalized spacial score (nSPS) is 23.4. The topological polar surface area (TPSA) is 26.8 Å². The third-order valence-corrected chi connectivity index (χ3v) is 7.32. The first kappa shape index (κ1) is 21.4. The fourth-order valence-corrected chi connectivity index (χ4v) is 5.71. The summed E-state index contributed by atoms with van der Waals surface area (Å²) in [7, 11) is 0. The number of benzene rings is 2. The van der Waals surface area contributed by atoms with Gasteiger partial charge in [-0.2, -0.15) is 0 Å². The third kappa shape index (κ3) is 4.25. The molecule has 2 atom stereocenters. The van der Waals surface area contributed by atoms with Crippen LogP contribution >= 0.6 is 0 Å². The summed E-state index contributed by atoms with van der Waals surface area (Å²) < 4.78 is 27.6. The molecule has 170 valence electrons. The van der Waals surface area contributed by atoms with E-state index < -0.39 is 0 Å². The van der Waals surface area contributed by atoms with Gasteiger partial charge in [0.05, 0.1) is 0 Å². The number of hydrogen-bond donors (Lipinski definition) is 0. The Labute approximate surface area is 188 Å². The predicted molar refractivity (Wildman–Crippen MR) is 122 cm³/mol. The van der Waals surface area contributed by atoms with Crippen LogP contribution in [0.3, 0.4) is 0 Å². The summed E-state index contributed by atoms with van der Waals surface area (Å²) in [4.78, 5) is 18.8. The first-order valence-electron chi connectivity index (χ1n) is 11.9. The second-order valence-corrected chi connectivity index (χ2v) is 9.36. The number of anilines is 2. The van der Waals surface area contributed by atoms with Crippen LogP contribution in [0.1, 0.15) is 50.0 Å². The van der Waals surface area contributed by atoms with E-state index in [4.69, 9.17) is 0 Å². The molecule has 2 saturated heterocycles. The highest BCUT2D eigenvalue weighted by Gasteiger charge is 2.42. The van der Waals surface area contributed by atoms with Crippen LogP contribution in [-0.2, 0) is 4.79 Å². The highest BCUT2D eigenvalue weighted by Crippen LogP contribution is 2.48. The van der Waals surface area contributed by atoms with Crippen LogP contribution < -0.4 is 4.90 Å². The zero-order chi connectivity index (χ0) is 22.1. The van der Waals surface area contributed by atoms with E-state index in [2.05, 4.69) is 9.80 Å². The van der Waals surface area contributed by atoms with E-state index in [1.807, 2.05) is 23.1 Å². The van der Waals surface area contributed by atoms with Crippen molar-refractivity contribution in [2.24, 2.45) is 0 Å². The number of carbonyl (C=O) groups is 1. The summed E-state index contributed by atoms with van der Waals surface area (Å²) in [5, 5.41) is 0. The zero-order valence-corrected chi connectivity index (χ0v) is 18.5. The zero-order valence-electron chi connectivity index (χ0n) is 18.5. The van der Waals surface area contributed by atoms with Crippen LogP contribution in [0.2, 0.25) is 0 Å². The van der Waals surface area contributed by atoms with Crippen molar-refractivity contribution in [1.29, 1.82) is 0 Å². The standard InChI is InChI=1S/C26H31F2N3O/c27-19-6-9-21(10-7-19)31-24-11-8-20(28)17-22(24)23-18-29(16-12-25(23)31)13-3-4-15-30-14-2-1-5-26(30)32/h6-11,17,23,25H,1-5,12-16,18H2/t23-,25+/m0/s1. The SMILES string of the molecule is O=C1CCCCN1CCCCN1CC[C@@H]2[C@@H](C1)c1cc(F)ccc1N2c1ccc(F)cc1. The van der Waals surface area contributed by atoms with Crippen LogP contribution in [0.25, 0.3) is 0 Å². The summed E-state index contributed by atoms with van der Waals surface area (Å²) in [5.41, 5.74) is 3.06. The Kier molecular flexibility index (Phi) is 6.13. The second-order valence-electron chi connectivity index (χ2n) is 9.36. The summed E-state index contributed by atoms with van der Waals surface area (Å²) in [6.45, 7) is 4.69. The van der Waals surface area contributed by atoms with Crippen molar-refractivity contribution in [3.63, 3.8) is 0 Å². The second kappa shape index (κ2) is 9.18. The van der Waals surface area contributed by atoms with Gasteiger partial charge in [0, 0.05) is 55.9 Å². The number of amides is 1. The average Bonchev–Trinajstić information content (AvgIpc) is 3.11. The van der Waals surface area contributed by atoms with Crippen molar-refractivity contribution < 1.29 is 13.6 Å². The van der Waals surface area contributed by atoms with Crippen LogP contribution in [0.15, 0.2) is 42.5 Å². The molecule has 0 aromatic heterocycles. The van der Waals surface area contributed by atoms with E-state index in [9.17, 15) is 13.6 Å². The van der Waals surface area contributed by atoms with Crippen molar-refractivity contribution in [2.45, 2.75) is 50.5 Å². The predicted octanol–water partition coefficient (Wildman–Crippen LogP) is 5.07. The quantitative estimate of drug-likeness (QED) is 0.588. The number of likely N-dealkylation sites (tertiary alicyclic amines) is 2. The lowest BCUT2D eigenvalue weighted by Crippen LogP contribution is -2.45. The van der Waals surface area contributed by atoms with Crippen molar-refractivity contribution in [1.82, 2.24) is 9.80 Å². The number of rotatable bonds is 6. The van der Waals surface area contributed by atoms with Gasteiger partial charge in [0.25, 0.3) is 0 Å². The third-order valence-electron chi connectivity index (χ3n) is 7.32. The van der Waals surface area contributed by atoms with Crippen LogP contribution in [0, 0.1) is 11.6 Å². The fourth-order valence-electron chi connectivity index (χ4n) is 5.71. The Morgan fingerprint density at radius 3 is 2.50 bits per heavy atom. The smallest absolute Gasteiger partial charge is 0.222 e. The maximum atomic E-state index is 14.1. The van der Waals surface area contributed by atoms with E-state index in [-0.39, 0.29) is 23.6 Å². The molecule has 5 rings (SSSR count). The lowest BCUT2D eigenvalue weighted by molar-refractivity contribution is -0.133. The molecular formula is C26H31F2N3O. The molecule has 0 saturated carbocycles. The highest BCUT2D eigenvalue weighted by atomic mass is 19.1. The maximum absolute atomic E-state index is 14.1. The molecule has 3 aliphatic rings. The molecule has 2 aromatic carbocycles. The van der Waals surface area contributed by atoms with E-state index in [0.717, 1.165) is 81.8 Å². The molecule has 0 bridgehead atoms. The Morgan fingerprint density at radius 1 is 0.906 bits per heavy atom. The lowest BCUT2D eigenvalue weighted by atomic mass is 9.89. The molecule has 3 aliphatic heterocycles. The Hall–Kier alpha value is -2.47. The number of carbonyl (C=O) groups excluding carboxylic acids is 1. The van der Waals surface area contributed by atoms with Crippen molar-refractivity contribution >= 4 is 17.3 Å². The van der Waals surface area contributed by atoms with Gasteiger partial charge in [-0.1, -0.05) is 0 Å². The van der Waals surface area contributed by atoms with Crippen LogP contribution in [0.4, 0.5) is 20.2 Å². The number of nitrogens with zero attached hydrogens (tertiary/aromatic N) is 3. The summed E-state index contributed by atoms with van der Waals surface area (Å²) in [6.07, 6.45) is 5.95. The minimum absolute atomic E-state index is 0.202. The molecule has 1 amide bonds. The van der Waals surface area contributed by atoms with Gasteiger partial charge in [-0.25, -0.2) is 8.78 Å². The van der Waals surface area contributed by atoms with Gasteiger partial charge in [0.2, 0.25) is 5.91 Å². The van der Waals surface area contributed by atoms with Crippen LogP contribution in [-0.4, -0.2) is 54.5 Å². The van der Waals surface area contributed by atoms with E-state index in [1.165, 1.54) is 18.2 Å². The van der Waals surface area contributed by atoms with Gasteiger partial charge in [-0.3, -0.25) is 4.79 Å². The Balaban J connectivity index is 1.24. The van der Waals surface area contributed by atoms with Crippen molar-refractivity contribution in [3.8, 4) is 0 Å². The first-order valence-corrected chi connectivity index (χ1v) is 11.9. The molecule has 4 nitrogen and oxygen atoms in total. The molecule has 3 heterocycles. The van der Waals surface area contributed by atoms with E-state index in [1.54, 1.807) is 6.07 Å². The molecule has 0 spiro atoms. The fraction of sp³-hybridized carbons (Fsp3) is 0.500. The molecular weight excluding hydrogens is 408 g/mol. The average molecular weight is 440 g/mol. The lowest BCUT2D eigenvalue weighted by Gasteiger charge is -2.39. The van der Waals surface area contributed by atoms with Gasteiger partial charge < -0.3 is 14.7 Å². The van der Waals surface area contributed by atoms with Crippen molar-refractivity contribution in [3.05, 3.63) is 59.7 Å². The molecule has 6 heteroatoms. The van der Waals surface area contributed by atoms with Gasteiger partial charge in [0.15, 0.2) is 0 Å². The summed E-state index contributed by atoms with van der Waals surface area (Å²) in [6, 6.07) is 12.0. The minimum Gasteiger partial charge on any atom is -0.343 e. The molecule has 32 heavy (non-hydrogen) atoms. The number of piperidine rings is 2. The number of fused-ring (bicyclic) bond motifs is 3. The molecule has 0 aliphatic carbocycles. The van der Waals surface area contributed by atoms with E-state index in [0.29, 0.717) is 12.3 Å². The molecule has 0 unspecified atom stereocenters. The summed E-state index contributed by atoms with van der Waals surface area (Å²) >= 11 is 0. The van der Waals surface area contributed by atoms with E-state index >= 15 is 0 Å². The molecule has 0 radical (unpaired) electrons. The highest BCUT2D eigenvalue weighted by molar-refractivity contribution is 5.76. The monoisotopic (exact) mass is 439 g/mol. The largest absolute Gasteiger partial charge is 0.343 e. The number of unbranched alkanes of at least 4 members (excludes halogenated alkanes) is 1. The molecule has 2 fully saturated rings. The summed E-state index contributed by atoms with van der Waals surface area (Å²) in [5.74, 6) is 0.0994. The van der Waals surface area contributed by atoms with Crippen molar-refractivity contribution in [2.75, 3.05) is 37.6 Å². The molecule has 2 aromatic rings. The van der Waals surface area contributed by atoms with Crippen LogP contribution in [0.5, 0.6) is 0 Å². The number of halogens is 2. The van der Waals surface area contributed by atoms with Gasteiger partial charge in [0.1, 0.15) is 11.6 Å². The number of hydrogen-bond acceptors (Lipinski definition) is 3. The molecule has 0 N–H and O–H groups in total. The Bertz CT molecular complexity index is 964. The first-order chi connectivity index (χ1) is 15.6. The van der Waals surface area contributed by atoms with Gasteiger partial charge in [-0.05, 0) is 86.7 Å². The van der Waals surface area contributed by atoms with Gasteiger partial charge in [-0.15, -0.1) is 0 Å². The Morgan fingerprint density at radius 2 is 1.69 bits per heavy atom. The van der Waals surface area contributed by atoms with Gasteiger partial charge >= 0.3 is 0 Å².